The Labute approximate surface area is 403 Å². The van der Waals surface area contributed by atoms with Crippen LogP contribution in [0.25, 0.3) is 32.7 Å². The maximum absolute atomic E-state index is 14.9. The lowest BCUT2D eigenvalue weighted by atomic mass is 9.96. The van der Waals surface area contributed by atoms with Gasteiger partial charge in [0, 0.05) is 47.7 Å². The second-order valence-electron chi connectivity index (χ2n) is 19.5. The number of carbonyl (C=O) groups excluding carboxylic acids is 6. The van der Waals surface area contributed by atoms with Gasteiger partial charge in [-0.1, -0.05) is 181 Å². The summed E-state index contributed by atoms with van der Waals surface area (Å²) in [5, 5.41) is 4.41. The van der Waals surface area contributed by atoms with E-state index in [0.717, 1.165) is 103 Å². The largest absolute Gasteiger partial charge is 0.352 e. The number of hydrogen-bond donors (Lipinski definition) is 2. The highest BCUT2D eigenvalue weighted by atomic mass is 16.2. The van der Waals surface area contributed by atoms with Crippen LogP contribution in [0.15, 0.2) is 48.5 Å². The molecule has 0 aliphatic carbocycles. The van der Waals surface area contributed by atoms with Crippen LogP contribution in [0.4, 0.5) is 9.59 Å². The monoisotopic (exact) mass is 931 g/mol. The second-order valence-corrected chi connectivity index (χ2v) is 19.5. The zero-order valence-electron chi connectivity index (χ0n) is 42.3. The van der Waals surface area contributed by atoms with Gasteiger partial charge in [0.2, 0.25) is 0 Å². The third-order valence-corrected chi connectivity index (χ3v) is 14.9. The van der Waals surface area contributed by atoms with Crippen molar-refractivity contribution in [1.29, 1.82) is 0 Å². The number of nitrogens with zero attached hydrogens (tertiary/aromatic N) is 4. The molecular formula is C56H78N6O6. The van der Waals surface area contributed by atoms with Crippen LogP contribution in [0.3, 0.4) is 0 Å². The SMILES string of the molecule is CCCCC(CC)CN1C(=O)C(=c2[nH]/c(=c3/[nH]c(=C4C(=O)N(CC(CC)CCCC)C(=O)N(CC(CC)CCCC)C4=O)c4ccccc34)c3ccccc23)C(=O)N(CC(CC)CCCC)C1=O. The predicted octanol–water partition coefficient (Wildman–Crippen LogP) is 10.7. The minimum Gasteiger partial charge on any atom is -0.352 e. The molecule has 2 aliphatic heterocycles. The van der Waals surface area contributed by atoms with Crippen molar-refractivity contribution in [3.63, 3.8) is 0 Å². The molecule has 0 spiro atoms. The highest BCUT2D eigenvalue weighted by Gasteiger charge is 2.46. The summed E-state index contributed by atoms with van der Waals surface area (Å²) >= 11 is 0. The number of unbranched alkanes of at least 4 members (excludes halogenated alkanes) is 4. The highest BCUT2D eigenvalue weighted by molar-refractivity contribution is 6.47. The van der Waals surface area contributed by atoms with E-state index >= 15 is 0 Å². The fraction of sp³-hybridized carbons (Fsp3) is 0.571. The highest BCUT2D eigenvalue weighted by Crippen LogP contribution is 2.29. The van der Waals surface area contributed by atoms with Crippen LogP contribution in [0.2, 0.25) is 0 Å². The molecule has 2 N–H and O–H groups in total. The summed E-state index contributed by atoms with van der Waals surface area (Å²) in [4.78, 5) is 101. The summed E-state index contributed by atoms with van der Waals surface area (Å²) in [6.45, 7) is 17.7. The number of aromatic nitrogens is 2. The third-order valence-electron chi connectivity index (χ3n) is 14.9. The fourth-order valence-electron chi connectivity index (χ4n) is 10.3. The Balaban J connectivity index is 1.65. The molecule has 0 radical (unpaired) electrons. The number of carbonyl (C=O) groups is 6. The number of rotatable bonds is 24. The summed E-state index contributed by atoms with van der Waals surface area (Å²) in [6, 6.07) is 14.0. The molecule has 4 atom stereocenters. The zero-order valence-corrected chi connectivity index (χ0v) is 42.3. The van der Waals surface area contributed by atoms with Gasteiger partial charge in [0.25, 0.3) is 23.6 Å². The fourth-order valence-corrected chi connectivity index (χ4v) is 10.3. The molecule has 4 aromatic rings. The Morgan fingerprint density at radius 3 is 0.824 bits per heavy atom. The van der Waals surface area contributed by atoms with Gasteiger partial charge in [-0.2, -0.15) is 0 Å². The Morgan fingerprint density at radius 1 is 0.368 bits per heavy atom. The van der Waals surface area contributed by atoms with Gasteiger partial charge in [0.05, 0.1) is 21.4 Å². The van der Waals surface area contributed by atoms with Gasteiger partial charge in [-0.3, -0.25) is 38.8 Å². The molecule has 8 amide bonds. The number of aromatic amines is 2. The van der Waals surface area contributed by atoms with Crippen molar-refractivity contribution in [2.75, 3.05) is 26.2 Å². The van der Waals surface area contributed by atoms with Crippen LogP contribution in [0.1, 0.15) is 158 Å². The first-order chi connectivity index (χ1) is 32.9. The average Bonchev–Trinajstić information content (AvgIpc) is 3.92. The van der Waals surface area contributed by atoms with Gasteiger partial charge < -0.3 is 9.97 Å². The minimum absolute atomic E-state index is 0.0825. The molecule has 4 unspecified atom stereocenters. The number of imide groups is 4. The lowest BCUT2D eigenvalue weighted by molar-refractivity contribution is -0.135. The topological polar surface area (TPSA) is 147 Å². The first kappa shape index (κ1) is 51.9. The van der Waals surface area contributed by atoms with Crippen LogP contribution in [-0.4, -0.2) is 91.4 Å². The molecule has 368 valence electrons. The van der Waals surface area contributed by atoms with Crippen LogP contribution in [0.5, 0.6) is 0 Å². The Morgan fingerprint density at radius 2 is 0.603 bits per heavy atom. The minimum atomic E-state index is -0.615. The standard InChI is InChI=1S/C56H78N6O6/c1-9-17-25-37(13-5)33-59-51(63)45(52(64)60(55(59)67)34-38(14-6)26-18-10-2)47-41-29-21-23-31-43(41)49(57-47)50-44-32-24-22-30-42(44)48(58-50)46-53(65)61(35-39(15-7)27-19-11-3)56(68)62(54(46)66)36-40(16-8)28-20-12-4/h21-24,29-32,37-40,57-58H,9-20,25-28,33-36H2,1-8H3/b47-45?,48-46?,50-49+. The lowest BCUT2D eigenvalue weighted by Gasteiger charge is -2.37. The Hall–Kier alpha value is -5.52. The average molecular weight is 931 g/mol. The van der Waals surface area contributed by atoms with Crippen molar-refractivity contribution < 1.29 is 28.8 Å². The summed E-state index contributed by atoms with van der Waals surface area (Å²) in [5.41, 5.74) is -0.171. The molecule has 6 rings (SSSR count). The molecule has 2 fully saturated rings. The van der Waals surface area contributed by atoms with Gasteiger partial charge in [-0.15, -0.1) is 0 Å². The van der Waals surface area contributed by atoms with Crippen LogP contribution in [-0.2, 0) is 19.2 Å². The van der Waals surface area contributed by atoms with Crippen molar-refractivity contribution in [3.8, 4) is 0 Å². The number of urea groups is 2. The predicted molar refractivity (Wildman–Crippen MR) is 271 cm³/mol. The number of barbiturate groups is 2. The molecule has 68 heavy (non-hydrogen) atoms. The molecular weight excluding hydrogens is 853 g/mol. The van der Waals surface area contributed by atoms with Crippen molar-refractivity contribution in [2.24, 2.45) is 23.7 Å². The van der Waals surface area contributed by atoms with E-state index in [1.165, 1.54) is 19.6 Å². The van der Waals surface area contributed by atoms with Crippen LogP contribution < -0.4 is 10.7 Å². The Bertz CT molecular complexity index is 2410. The second kappa shape index (κ2) is 24.2. The molecule has 2 aromatic heterocycles. The van der Waals surface area contributed by atoms with E-state index in [1.54, 1.807) is 0 Å². The first-order valence-corrected chi connectivity index (χ1v) is 26.2. The van der Waals surface area contributed by atoms with Crippen LogP contribution in [0, 0.1) is 34.4 Å². The van der Waals surface area contributed by atoms with E-state index in [1.807, 2.05) is 48.5 Å². The summed E-state index contributed by atoms with van der Waals surface area (Å²) < 4.78 is 0. The number of H-pyrrole nitrogens is 2. The van der Waals surface area contributed by atoms with Gasteiger partial charge in [-0.05, 0) is 49.4 Å². The maximum atomic E-state index is 14.9. The van der Waals surface area contributed by atoms with E-state index < -0.39 is 35.7 Å². The number of amides is 8. The molecule has 0 saturated carbocycles. The molecule has 4 heterocycles. The number of benzene rings is 2. The van der Waals surface area contributed by atoms with Gasteiger partial charge >= 0.3 is 12.1 Å². The van der Waals surface area contributed by atoms with Crippen molar-refractivity contribution in [2.45, 2.75) is 158 Å². The first-order valence-electron chi connectivity index (χ1n) is 26.2. The van der Waals surface area contributed by atoms with Crippen LogP contribution >= 0.6 is 0 Å². The quantitative estimate of drug-likeness (QED) is 0.0715. The molecule has 12 nitrogen and oxygen atoms in total. The van der Waals surface area contributed by atoms with Crippen molar-refractivity contribution in [1.82, 2.24) is 29.6 Å². The summed E-state index contributed by atoms with van der Waals surface area (Å²) in [6.07, 6.45) is 14.5. The maximum Gasteiger partial charge on any atom is 0.333 e. The van der Waals surface area contributed by atoms with Crippen molar-refractivity contribution >= 4 is 68.4 Å². The number of nitrogens with one attached hydrogen (secondary N) is 2. The third kappa shape index (κ3) is 10.8. The molecule has 12 heteroatoms. The molecule has 0 bridgehead atoms. The van der Waals surface area contributed by atoms with E-state index in [2.05, 4.69) is 65.4 Å². The van der Waals surface area contributed by atoms with Gasteiger partial charge in [-0.25, -0.2) is 9.59 Å². The number of fused-ring (bicyclic) bond motifs is 2. The molecule has 2 saturated heterocycles. The van der Waals surface area contributed by atoms with Gasteiger partial charge in [0.15, 0.2) is 0 Å². The van der Waals surface area contributed by atoms with E-state index in [4.69, 9.17) is 0 Å². The smallest absolute Gasteiger partial charge is 0.333 e. The zero-order chi connectivity index (χ0) is 49.1. The van der Waals surface area contributed by atoms with Crippen molar-refractivity contribution in [3.05, 3.63) is 69.9 Å². The van der Waals surface area contributed by atoms with E-state index in [0.29, 0.717) is 42.9 Å². The lowest BCUT2D eigenvalue weighted by Crippen LogP contribution is -2.59. The summed E-state index contributed by atoms with van der Waals surface area (Å²) in [5.74, 6) is -2.13. The van der Waals surface area contributed by atoms with E-state index in [9.17, 15) is 28.8 Å². The molecule has 2 aromatic carbocycles. The van der Waals surface area contributed by atoms with E-state index in [-0.39, 0.29) is 61.0 Å². The molecule has 2 aliphatic rings. The summed E-state index contributed by atoms with van der Waals surface area (Å²) in [7, 11) is 0. The normalized spacial score (nSPS) is 17.4. The number of hydrogen-bond acceptors (Lipinski definition) is 6. The van der Waals surface area contributed by atoms with Gasteiger partial charge in [0.1, 0.15) is 11.1 Å². The Kier molecular flexibility index (Phi) is 18.4.